The number of hydrogen-bond acceptors (Lipinski definition) is 6. The Hall–Kier alpha value is -3.68. The molecule has 0 unspecified atom stereocenters. The van der Waals surface area contributed by atoms with E-state index in [9.17, 15) is 30.6 Å². The van der Waals surface area contributed by atoms with E-state index in [1.54, 1.807) is 26.0 Å². The Labute approximate surface area is 308 Å². The van der Waals surface area contributed by atoms with Crippen LogP contribution in [0.4, 0.5) is 0 Å². The molecule has 52 heavy (non-hydrogen) atoms. The fraction of sp³-hybridized carbons (Fsp3) is 0.478. The summed E-state index contributed by atoms with van der Waals surface area (Å²) in [5, 5.41) is 65.9. The molecule has 6 nitrogen and oxygen atoms in total. The van der Waals surface area contributed by atoms with Gasteiger partial charge in [-0.05, 0) is 148 Å². The lowest BCUT2D eigenvalue weighted by atomic mass is 9.49. The first-order chi connectivity index (χ1) is 24.6. The van der Waals surface area contributed by atoms with Gasteiger partial charge in [-0.3, -0.25) is 0 Å². The van der Waals surface area contributed by atoms with Crippen molar-refractivity contribution < 1.29 is 30.6 Å². The Kier molecular flexibility index (Phi) is 9.18. The van der Waals surface area contributed by atoms with Gasteiger partial charge in [0.2, 0.25) is 0 Å². The van der Waals surface area contributed by atoms with E-state index in [0.29, 0.717) is 49.0 Å². The molecule has 0 bridgehead atoms. The summed E-state index contributed by atoms with van der Waals surface area (Å²) in [4.78, 5) is 0. The fourth-order valence-electron chi connectivity index (χ4n) is 11.4. The molecule has 6 heteroatoms. The van der Waals surface area contributed by atoms with Crippen LogP contribution in [0.5, 0.6) is 11.5 Å². The van der Waals surface area contributed by atoms with Gasteiger partial charge >= 0.3 is 0 Å². The van der Waals surface area contributed by atoms with Gasteiger partial charge in [0.1, 0.15) is 22.7 Å². The van der Waals surface area contributed by atoms with E-state index in [1.165, 1.54) is 22.3 Å². The van der Waals surface area contributed by atoms with Crippen LogP contribution in [0, 0.1) is 11.8 Å². The van der Waals surface area contributed by atoms with Crippen LogP contribution in [0.2, 0.25) is 0 Å². The third-order valence-electron chi connectivity index (χ3n) is 14.3. The van der Waals surface area contributed by atoms with Crippen LogP contribution in [0.3, 0.4) is 0 Å². The minimum absolute atomic E-state index is 0.161. The lowest BCUT2D eigenvalue weighted by Gasteiger charge is -2.59. The average molecular weight is 705 g/mol. The summed E-state index contributed by atoms with van der Waals surface area (Å²) in [5.74, 6) is 1.21. The summed E-state index contributed by atoms with van der Waals surface area (Å²) in [5.41, 5.74) is 1.18. The Morgan fingerprint density at radius 1 is 0.538 bits per heavy atom. The van der Waals surface area contributed by atoms with Crippen LogP contribution in [-0.2, 0) is 34.9 Å². The van der Waals surface area contributed by atoms with Crippen molar-refractivity contribution in [2.75, 3.05) is 0 Å². The number of phenolic OH excluding ortho intramolecular Hbond substituents is 2. The van der Waals surface area contributed by atoms with Crippen LogP contribution in [0.15, 0.2) is 97.1 Å². The summed E-state index contributed by atoms with van der Waals surface area (Å²) in [6, 6.07) is 30.5. The van der Waals surface area contributed by atoms with Gasteiger partial charge in [0, 0.05) is 10.8 Å². The molecule has 6 N–H and O–H groups in total. The molecule has 0 spiro atoms. The van der Waals surface area contributed by atoms with Crippen molar-refractivity contribution in [1.82, 2.24) is 0 Å². The van der Waals surface area contributed by atoms with Crippen molar-refractivity contribution in [2.45, 2.75) is 125 Å². The third kappa shape index (κ3) is 5.60. The second-order valence-electron chi connectivity index (χ2n) is 16.9. The molecular weight excluding hydrogens is 649 g/mol. The smallest absolute Gasteiger partial charge is 0.118 e. The highest BCUT2D eigenvalue weighted by Crippen LogP contribution is 2.61. The first-order valence-corrected chi connectivity index (χ1v) is 19.3. The molecule has 4 aliphatic rings. The highest BCUT2D eigenvalue weighted by atomic mass is 16.4. The Balaban J connectivity index is 0.000000162. The van der Waals surface area contributed by atoms with Crippen LogP contribution in [0.25, 0.3) is 0 Å². The van der Waals surface area contributed by atoms with Crippen LogP contribution in [0.1, 0.15) is 112 Å². The van der Waals surface area contributed by atoms with Crippen molar-refractivity contribution in [2.24, 2.45) is 11.8 Å². The monoisotopic (exact) mass is 704 g/mol. The molecule has 0 amide bonds. The molecule has 2 fully saturated rings. The zero-order chi connectivity index (χ0) is 37.2. The number of fused-ring (bicyclic) bond motifs is 6. The quantitative estimate of drug-likeness (QED) is 0.128. The zero-order valence-electron chi connectivity index (χ0n) is 31.1. The van der Waals surface area contributed by atoms with E-state index in [1.807, 2.05) is 84.9 Å². The second-order valence-corrected chi connectivity index (χ2v) is 16.9. The number of hydrogen-bond donors (Lipinski definition) is 6. The molecule has 2 saturated carbocycles. The van der Waals surface area contributed by atoms with Crippen molar-refractivity contribution in [3.05, 3.63) is 130 Å². The van der Waals surface area contributed by atoms with E-state index in [-0.39, 0.29) is 10.8 Å². The second kappa shape index (κ2) is 13.0. The molecule has 0 radical (unpaired) electrons. The molecule has 8 atom stereocenters. The van der Waals surface area contributed by atoms with Crippen LogP contribution in [-0.4, -0.2) is 41.8 Å². The van der Waals surface area contributed by atoms with Gasteiger partial charge in [-0.1, -0.05) is 86.6 Å². The highest BCUT2D eigenvalue weighted by molar-refractivity contribution is 5.46. The van der Waals surface area contributed by atoms with E-state index in [2.05, 4.69) is 13.8 Å². The molecular formula is C46H56O6. The van der Waals surface area contributed by atoms with E-state index in [4.69, 9.17) is 0 Å². The van der Waals surface area contributed by atoms with Crippen molar-refractivity contribution in [1.29, 1.82) is 0 Å². The van der Waals surface area contributed by atoms with Crippen molar-refractivity contribution in [3.8, 4) is 11.5 Å². The number of phenols is 2. The molecule has 0 aliphatic heterocycles. The van der Waals surface area contributed by atoms with Gasteiger partial charge < -0.3 is 30.6 Å². The highest BCUT2D eigenvalue weighted by Gasteiger charge is 2.62. The summed E-state index contributed by atoms with van der Waals surface area (Å²) in [6.07, 6.45) is 7.72. The predicted molar refractivity (Wildman–Crippen MR) is 204 cm³/mol. The maximum atomic E-state index is 11.6. The minimum atomic E-state index is -1.24. The van der Waals surface area contributed by atoms with E-state index in [0.717, 1.165) is 49.7 Å². The lowest BCUT2D eigenvalue weighted by molar-refractivity contribution is -0.205. The first kappa shape index (κ1) is 36.7. The lowest BCUT2D eigenvalue weighted by Crippen LogP contribution is -2.62. The normalized spacial score (nSPS) is 36.2. The Morgan fingerprint density at radius 3 is 1.25 bits per heavy atom. The predicted octanol–water partition coefficient (Wildman–Crippen LogP) is 8.07. The molecule has 4 aromatic rings. The SMILES string of the molecule is CC[C@@]12C[C@@](C)(O)[C@](O)(c3ccccc3)C[C@H]1CCc1cc(O)ccc12.CC[C@@]12C[C@](C)(O)[C@](O)(c3ccccc3)C[C@H]1CCc1cc(O)ccc12. The average Bonchev–Trinajstić information content (AvgIpc) is 3.13. The largest absolute Gasteiger partial charge is 0.508 e. The van der Waals surface area contributed by atoms with E-state index < -0.39 is 22.4 Å². The molecule has 4 aromatic carbocycles. The van der Waals surface area contributed by atoms with Crippen molar-refractivity contribution >= 4 is 0 Å². The van der Waals surface area contributed by atoms with E-state index >= 15 is 0 Å². The summed E-state index contributed by atoms with van der Waals surface area (Å²) >= 11 is 0. The molecule has 4 aliphatic carbocycles. The van der Waals surface area contributed by atoms with Gasteiger partial charge in [0.25, 0.3) is 0 Å². The van der Waals surface area contributed by atoms with Gasteiger partial charge in [0.05, 0.1) is 11.2 Å². The first-order valence-electron chi connectivity index (χ1n) is 19.3. The van der Waals surface area contributed by atoms with Gasteiger partial charge in [0.15, 0.2) is 0 Å². The number of aryl methyl sites for hydroxylation is 2. The van der Waals surface area contributed by atoms with Crippen LogP contribution < -0.4 is 0 Å². The summed E-state index contributed by atoms with van der Waals surface area (Å²) < 4.78 is 0. The number of aromatic hydroxyl groups is 2. The molecule has 0 heterocycles. The minimum Gasteiger partial charge on any atom is -0.508 e. The summed E-state index contributed by atoms with van der Waals surface area (Å²) in [7, 11) is 0. The zero-order valence-corrected chi connectivity index (χ0v) is 31.1. The maximum Gasteiger partial charge on any atom is 0.118 e. The summed E-state index contributed by atoms with van der Waals surface area (Å²) in [6.45, 7) is 7.92. The van der Waals surface area contributed by atoms with Gasteiger partial charge in [-0.25, -0.2) is 0 Å². The molecule has 276 valence electrons. The number of aliphatic hydroxyl groups is 4. The fourth-order valence-corrected chi connectivity index (χ4v) is 11.4. The molecule has 0 aromatic heterocycles. The molecule has 0 saturated heterocycles. The van der Waals surface area contributed by atoms with Gasteiger partial charge in [-0.15, -0.1) is 0 Å². The number of benzene rings is 4. The Morgan fingerprint density at radius 2 is 0.904 bits per heavy atom. The Bertz CT molecular complexity index is 1770. The standard InChI is InChI=1S/2C23H28O3/c2*1-3-22-15-21(2,25)23(26,17-7-5-4-6-8-17)14-18(22)10-9-16-13-19(24)11-12-20(16)22/h2*4-8,11-13,18,24-26H,3,9-10,14-15H2,1-2H3/t18-,21+,22-,23-;18-,21-,22-,23-/m11/s1. The number of rotatable bonds is 4. The van der Waals surface area contributed by atoms with Gasteiger partial charge in [-0.2, -0.15) is 0 Å². The third-order valence-corrected chi connectivity index (χ3v) is 14.3. The molecule has 8 rings (SSSR count). The maximum absolute atomic E-state index is 11.6. The topological polar surface area (TPSA) is 121 Å². The van der Waals surface area contributed by atoms with Crippen molar-refractivity contribution in [3.63, 3.8) is 0 Å². The van der Waals surface area contributed by atoms with Crippen LogP contribution >= 0.6 is 0 Å².